The molecular weight excluding hydrogens is 252 g/mol. The number of rotatable bonds is 1. The Bertz CT molecular complexity index is 815. The summed E-state index contributed by atoms with van der Waals surface area (Å²) in [5, 5.41) is 0.812. The van der Waals surface area contributed by atoms with E-state index in [2.05, 4.69) is 38.1 Å². The van der Waals surface area contributed by atoms with Crippen molar-refractivity contribution < 1.29 is 0 Å². The van der Waals surface area contributed by atoms with Gasteiger partial charge in [-0.2, -0.15) is 0 Å². The molecule has 0 unspecified atom stereocenters. The molecule has 1 nitrogen and oxygen atoms in total. The normalized spacial score (nSPS) is 10.8. The van der Waals surface area contributed by atoms with Gasteiger partial charge in [0.05, 0.1) is 0 Å². The van der Waals surface area contributed by atoms with Crippen molar-refractivity contribution >= 4 is 21.4 Å². The third-order valence-electron chi connectivity index (χ3n) is 3.19. The Kier molecular flexibility index (Phi) is 2.96. The van der Waals surface area contributed by atoms with Gasteiger partial charge >= 0.3 is 0 Å². The van der Waals surface area contributed by atoms with Gasteiger partial charge in [0.15, 0.2) is 5.43 Å². The van der Waals surface area contributed by atoms with E-state index in [0.29, 0.717) is 0 Å². The highest BCUT2D eigenvalue weighted by Crippen LogP contribution is 2.28. The second kappa shape index (κ2) is 4.63. The molecule has 0 N–H and O–H groups in total. The maximum absolute atomic E-state index is 12.2. The van der Waals surface area contributed by atoms with Gasteiger partial charge in [0, 0.05) is 21.0 Å². The molecule has 0 amide bonds. The third-order valence-corrected chi connectivity index (χ3v) is 4.32. The van der Waals surface area contributed by atoms with Crippen LogP contribution in [0, 0.1) is 13.8 Å². The van der Waals surface area contributed by atoms with Gasteiger partial charge in [-0.3, -0.25) is 4.79 Å². The van der Waals surface area contributed by atoms with E-state index in [4.69, 9.17) is 0 Å². The van der Waals surface area contributed by atoms with E-state index in [-0.39, 0.29) is 5.43 Å². The maximum atomic E-state index is 12.2. The van der Waals surface area contributed by atoms with Crippen molar-refractivity contribution in [3.05, 3.63) is 69.9 Å². The molecule has 1 heterocycles. The lowest BCUT2D eigenvalue weighted by Gasteiger charge is -2.04. The van der Waals surface area contributed by atoms with Crippen LogP contribution in [0.3, 0.4) is 0 Å². The van der Waals surface area contributed by atoms with E-state index < -0.39 is 0 Å². The Morgan fingerprint density at radius 3 is 2.47 bits per heavy atom. The fourth-order valence-electron chi connectivity index (χ4n) is 2.20. The zero-order chi connectivity index (χ0) is 13.4. The van der Waals surface area contributed by atoms with Crippen molar-refractivity contribution in [3.8, 4) is 10.4 Å². The standard InChI is InChI=1S/C17H14OS/c1-11-4-3-5-13(8-11)16-10-15(18)14-7-6-12(2)9-17(14)19-16/h3-10H,1-2H3. The quantitative estimate of drug-likeness (QED) is 0.631. The van der Waals surface area contributed by atoms with E-state index in [1.165, 1.54) is 11.1 Å². The molecule has 2 aromatic carbocycles. The van der Waals surface area contributed by atoms with Crippen LogP contribution in [-0.2, 0) is 0 Å². The van der Waals surface area contributed by atoms with Gasteiger partial charge in [0.2, 0.25) is 0 Å². The zero-order valence-electron chi connectivity index (χ0n) is 10.9. The summed E-state index contributed by atoms with van der Waals surface area (Å²) in [6.07, 6.45) is 0. The van der Waals surface area contributed by atoms with Gasteiger partial charge in [-0.25, -0.2) is 0 Å². The number of benzene rings is 2. The summed E-state index contributed by atoms with van der Waals surface area (Å²) in [6, 6.07) is 16.0. The largest absolute Gasteiger partial charge is 0.289 e. The molecule has 3 aromatic rings. The molecule has 0 saturated carbocycles. The monoisotopic (exact) mass is 266 g/mol. The molecule has 3 rings (SSSR count). The van der Waals surface area contributed by atoms with Crippen LogP contribution >= 0.6 is 11.3 Å². The van der Waals surface area contributed by atoms with Crippen molar-refractivity contribution in [2.24, 2.45) is 0 Å². The van der Waals surface area contributed by atoms with Crippen LogP contribution in [0.25, 0.3) is 20.5 Å². The molecular formula is C17H14OS. The first kappa shape index (κ1) is 12.1. The minimum absolute atomic E-state index is 0.102. The van der Waals surface area contributed by atoms with Crippen LogP contribution in [-0.4, -0.2) is 0 Å². The van der Waals surface area contributed by atoms with Crippen molar-refractivity contribution in [2.75, 3.05) is 0 Å². The summed E-state index contributed by atoms with van der Waals surface area (Å²) in [5.41, 5.74) is 3.61. The topological polar surface area (TPSA) is 17.1 Å². The summed E-state index contributed by atoms with van der Waals surface area (Å²) in [5.74, 6) is 0. The lowest BCUT2D eigenvalue weighted by molar-refractivity contribution is 1.47. The van der Waals surface area contributed by atoms with Gasteiger partial charge < -0.3 is 0 Å². The number of fused-ring (bicyclic) bond motifs is 1. The molecule has 0 fully saturated rings. The van der Waals surface area contributed by atoms with Crippen molar-refractivity contribution in [2.45, 2.75) is 13.8 Å². The lowest BCUT2D eigenvalue weighted by Crippen LogP contribution is -1.98. The first-order valence-corrected chi connectivity index (χ1v) is 7.07. The number of hydrogen-bond donors (Lipinski definition) is 0. The SMILES string of the molecule is Cc1cccc(-c2cc(=O)c3ccc(C)cc3s2)c1. The van der Waals surface area contributed by atoms with Crippen LogP contribution in [0.5, 0.6) is 0 Å². The van der Waals surface area contributed by atoms with Crippen LogP contribution in [0.4, 0.5) is 0 Å². The Labute approximate surface area is 116 Å². The molecule has 0 atom stereocenters. The molecule has 19 heavy (non-hydrogen) atoms. The second-order valence-electron chi connectivity index (χ2n) is 4.84. The number of hydrogen-bond acceptors (Lipinski definition) is 2. The van der Waals surface area contributed by atoms with Crippen molar-refractivity contribution in [3.63, 3.8) is 0 Å². The van der Waals surface area contributed by atoms with Gasteiger partial charge in [-0.05, 0) is 37.1 Å². The minimum Gasteiger partial charge on any atom is -0.289 e. The van der Waals surface area contributed by atoms with Crippen LogP contribution < -0.4 is 5.43 Å². The van der Waals surface area contributed by atoms with Crippen LogP contribution in [0.1, 0.15) is 11.1 Å². The summed E-state index contributed by atoms with van der Waals surface area (Å²) in [4.78, 5) is 13.2. The summed E-state index contributed by atoms with van der Waals surface area (Å²) < 4.78 is 1.06. The Morgan fingerprint density at radius 2 is 1.68 bits per heavy atom. The molecule has 0 aliphatic heterocycles. The predicted molar refractivity (Wildman–Crippen MR) is 83.0 cm³/mol. The van der Waals surface area contributed by atoms with Crippen molar-refractivity contribution in [1.29, 1.82) is 0 Å². The summed E-state index contributed by atoms with van der Waals surface area (Å²) in [6.45, 7) is 4.12. The Hall–Kier alpha value is -1.93. The molecule has 0 spiro atoms. The highest BCUT2D eigenvalue weighted by Gasteiger charge is 2.05. The molecule has 0 bridgehead atoms. The Balaban J connectivity index is 2.28. The van der Waals surface area contributed by atoms with E-state index in [1.54, 1.807) is 17.4 Å². The van der Waals surface area contributed by atoms with E-state index in [0.717, 1.165) is 20.5 Å². The van der Waals surface area contributed by atoms with Gasteiger partial charge in [0.1, 0.15) is 0 Å². The molecule has 1 aromatic heterocycles. The van der Waals surface area contributed by atoms with E-state index in [9.17, 15) is 4.79 Å². The summed E-state index contributed by atoms with van der Waals surface area (Å²) in [7, 11) is 0. The molecule has 2 heteroatoms. The number of aryl methyl sites for hydroxylation is 2. The fourth-order valence-corrected chi connectivity index (χ4v) is 3.37. The third kappa shape index (κ3) is 2.32. The van der Waals surface area contributed by atoms with E-state index >= 15 is 0 Å². The second-order valence-corrected chi connectivity index (χ2v) is 5.93. The van der Waals surface area contributed by atoms with Gasteiger partial charge in [-0.15, -0.1) is 11.3 Å². The smallest absolute Gasteiger partial charge is 0.188 e. The highest BCUT2D eigenvalue weighted by atomic mass is 32.1. The first-order valence-electron chi connectivity index (χ1n) is 6.25. The lowest BCUT2D eigenvalue weighted by atomic mass is 10.1. The average molecular weight is 266 g/mol. The molecule has 94 valence electrons. The first-order chi connectivity index (χ1) is 9.13. The van der Waals surface area contributed by atoms with Gasteiger partial charge in [0.25, 0.3) is 0 Å². The fraction of sp³-hybridized carbons (Fsp3) is 0.118. The average Bonchev–Trinajstić information content (AvgIpc) is 2.38. The van der Waals surface area contributed by atoms with Gasteiger partial charge in [-0.1, -0.05) is 35.9 Å². The maximum Gasteiger partial charge on any atom is 0.188 e. The van der Waals surface area contributed by atoms with Crippen LogP contribution in [0.15, 0.2) is 53.3 Å². The summed E-state index contributed by atoms with van der Waals surface area (Å²) >= 11 is 1.68. The van der Waals surface area contributed by atoms with Crippen molar-refractivity contribution in [1.82, 2.24) is 0 Å². The zero-order valence-corrected chi connectivity index (χ0v) is 11.8. The molecule has 0 radical (unpaired) electrons. The minimum atomic E-state index is 0.102. The highest BCUT2D eigenvalue weighted by molar-refractivity contribution is 7.21. The molecule has 0 aliphatic carbocycles. The van der Waals surface area contributed by atoms with Crippen LogP contribution in [0.2, 0.25) is 0 Å². The van der Waals surface area contributed by atoms with E-state index in [1.807, 2.05) is 18.2 Å². The molecule has 0 aliphatic rings. The predicted octanol–water partition coefficient (Wildman–Crippen LogP) is 4.55. The molecule has 0 saturated heterocycles. The Morgan fingerprint density at radius 1 is 0.895 bits per heavy atom.